The van der Waals surface area contributed by atoms with Crippen LogP contribution in [0.1, 0.15) is 6.42 Å². The Balaban J connectivity index is 2.34. The Morgan fingerprint density at radius 2 is 2.36 bits per heavy atom. The molecule has 1 aliphatic heterocycles. The summed E-state index contributed by atoms with van der Waals surface area (Å²) in [7, 11) is 1.31. The maximum Gasteiger partial charge on any atom is 0.407 e. The monoisotopic (exact) mass is 220 g/mol. The van der Waals surface area contributed by atoms with Gasteiger partial charge in [-0.05, 0) is 6.42 Å². The van der Waals surface area contributed by atoms with Gasteiger partial charge in [0.05, 0.1) is 13.2 Å². The Morgan fingerprint density at radius 3 is 2.93 bits per heavy atom. The predicted molar refractivity (Wildman–Crippen MR) is 51.2 cm³/mol. The average Bonchev–Trinajstić information content (AvgIpc) is 2.65. The lowest BCUT2D eigenvalue weighted by atomic mass is 10.3. The zero-order valence-electron chi connectivity index (χ0n) is 7.96. The molecule has 1 fully saturated rings. The number of alkyl carbamates (subject to hydrolysis) is 1. The number of nitrogens with one attached hydrogen (secondary N) is 1. The van der Waals surface area contributed by atoms with Crippen molar-refractivity contribution in [2.45, 2.75) is 12.5 Å². The van der Waals surface area contributed by atoms with Gasteiger partial charge in [-0.2, -0.15) is 0 Å². The van der Waals surface area contributed by atoms with E-state index in [2.05, 4.69) is 10.1 Å². The van der Waals surface area contributed by atoms with E-state index >= 15 is 0 Å². The molecule has 80 valence electrons. The summed E-state index contributed by atoms with van der Waals surface area (Å²) in [6.07, 6.45) is 0.285. The summed E-state index contributed by atoms with van der Waals surface area (Å²) >= 11 is 5.41. The summed E-state index contributed by atoms with van der Waals surface area (Å²) in [5.74, 6) is -0.105. The fourth-order valence-electron chi connectivity index (χ4n) is 1.41. The molecule has 0 aromatic carbocycles. The van der Waals surface area contributed by atoms with Crippen LogP contribution in [0.25, 0.3) is 0 Å². The Bertz CT molecular complexity index is 235. The summed E-state index contributed by atoms with van der Waals surface area (Å²) in [6, 6.07) is -0.0189. The number of amides is 2. The first kappa shape index (κ1) is 11.1. The second-order valence-corrected chi connectivity index (χ2v) is 3.36. The van der Waals surface area contributed by atoms with E-state index in [1.165, 1.54) is 7.11 Å². The van der Waals surface area contributed by atoms with E-state index in [4.69, 9.17) is 11.6 Å². The van der Waals surface area contributed by atoms with Crippen LogP contribution in [-0.4, -0.2) is 49.0 Å². The third kappa shape index (κ3) is 2.77. The Labute approximate surface area is 87.3 Å². The molecule has 1 saturated heterocycles. The highest BCUT2D eigenvalue weighted by atomic mass is 35.5. The van der Waals surface area contributed by atoms with Crippen molar-refractivity contribution in [1.29, 1.82) is 0 Å². The van der Waals surface area contributed by atoms with Crippen molar-refractivity contribution in [3.8, 4) is 0 Å². The molecule has 1 N–H and O–H groups in total. The summed E-state index contributed by atoms with van der Waals surface area (Å²) in [5.41, 5.74) is 0. The van der Waals surface area contributed by atoms with Crippen molar-refractivity contribution < 1.29 is 14.3 Å². The second kappa shape index (κ2) is 5.05. The van der Waals surface area contributed by atoms with Crippen molar-refractivity contribution in [3.05, 3.63) is 0 Å². The van der Waals surface area contributed by atoms with Gasteiger partial charge < -0.3 is 15.0 Å². The van der Waals surface area contributed by atoms with Crippen molar-refractivity contribution in [2.75, 3.05) is 26.1 Å². The molecule has 0 saturated carbocycles. The number of ether oxygens (including phenoxy) is 1. The molecule has 1 aliphatic rings. The molecule has 0 aromatic rings. The van der Waals surface area contributed by atoms with Crippen LogP contribution in [0.4, 0.5) is 4.79 Å². The normalized spacial score (nSPS) is 20.7. The molecule has 0 radical (unpaired) electrons. The van der Waals surface area contributed by atoms with E-state index in [0.717, 1.165) is 6.42 Å². The Morgan fingerprint density at radius 1 is 1.64 bits per heavy atom. The molecule has 1 atom stereocenters. The number of likely N-dealkylation sites (tertiary alicyclic amines) is 1. The van der Waals surface area contributed by atoms with Gasteiger partial charge in [0.1, 0.15) is 5.88 Å². The number of rotatable bonds is 2. The second-order valence-electron chi connectivity index (χ2n) is 3.09. The zero-order valence-corrected chi connectivity index (χ0v) is 8.71. The molecule has 2 amide bonds. The van der Waals surface area contributed by atoms with Crippen LogP contribution in [0.5, 0.6) is 0 Å². The SMILES string of the molecule is COC(=O)NC1CCN(C(=O)CCl)C1. The third-order valence-corrected chi connectivity index (χ3v) is 2.39. The van der Waals surface area contributed by atoms with E-state index in [9.17, 15) is 9.59 Å². The number of alkyl halides is 1. The molecular formula is C8H13ClN2O3. The van der Waals surface area contributed by atoms with E-state index in [1.807, 2.05) is 0 Å². The van der Waals surface area contributed by atoms with Gasteiger partial charge in [0.15, 0.2) is 0 Å². The van der Waals surface area contributed by atoms with Crippen LogP contribution in [0, 0.1) is 0 Å². The van der Waals surface area contributed by atoms with E-state index in [0.29, 0.717) is 13.1 Å². The topological polar surface area (TPSA) is 58.6 Å². The Hall–Kier alpha value is -0.970. The summed E-state index contributed by atoms with van der Waals surface area (Å²) in [4.78, 5) is 23.6. The minimum absolute atomic E-state index is 0.00898. The van der Waals surface area contributed by atoms with Crippen molar-refractivity contribution in [2.24, 2.45) is 0 Å². The minimum Gasteiger partial charge on any atom is -0.453 e. The van der Waals surface area contributed by atoms with Crippen LogP contribution in [0.2, 0.25) is 0 Å². The van der Waals surface area contributed by atoms with Crippen molar-refractivity contribution in [1.82, 2.24) is 10.2 Å². The summed E-state index contributed by atoms with van der Waals surface area (Å²) in [5, 5.41) is 2.64. The molecule has 0 spiro atoms. The van der Waals surface area contributed by atoms with Crippen molar-refractivity contribution >= 4 is 23.6 Å². The third-order valence-electron chi connectivity index (χ3n) is 2.16. The van der Waals surface area contributed by atoms with Gasteiger partial charge in [-0.1, -0.05) is 0 Å². The molecule has 1 rings (SSSR count). The fourth-order valence-corrected chi connectivity index (χ4v) is 1.58. The highest BCUT2D eigenvalue weighted by molar-refractivity contribution is 6.27. The number of nitrogens with zero attached hydrogens (tertiary/aromatic N) is 1. The standard InChI is InChI=1S/C8H13ClN2O3/c1-14-8(13)10-6-2-3-11(5-6)7(12)4-9/h6H,2-5H2,1H3,(H,10,13). The van der Waals surface area contributed by atoms with Gasteiger partial charge in [0.2, 0.25) is 5.91 Å². The molecule has 1 unspecified atom stereocenters. The lowest BCUT2D eigenvalue weighted by Crippen LogP contribution is -2.38. The first-order chi connectivity index (χ1) is 6.67. The maximum atomic E-state index is 11.2. The molecule has 0 bridgehead atoms. The van der Waals surface area contributed by atoms with Gasteiger partial charge in [0.25, 0.3) is 0 Å². The quantitative estimate of drug-likeness (QED) is 0.676. The van der Waals surface area contributed by atoms with Crippen LogP contribution >= 0.6 is 11.6 Å². The molecule has 1 heterocycles. The highest BCUT2D eigenvalue weighted by Crippen LogP contribution is 2.09. The Kier molecular flexibility index (Phi) is 4.00. The van der Waals surface area contributed by atoms with E-state index in [1.54, 1.807) is 4.90 Å². The first-order valence-corrected chi connectivity index (χ1v) is 4.89. The smallest absolute Gasteiger partial charge is 0.407 e. The zero-order chi connectivity index (χ0) is 10.6. The van der Waals surface area contributed by atoms with E-state index < -0.39 is 6.09 Å². The molecule has 6 heteroatoms. The number of methoxy groups -OCH3 is 1. The van der Waals surface area contributed by atoms with Gasteiger partial charge in [-0.15, -0.1) is 11.6 Å². The molecule has 5 nitrogen and oxygen atoms in total. The fraction of sp³-hybridized carbons (Fsp3) is 0.750. The highest BCUT2D eigenvalue weighted by Gasteiger charge is 2.26. The number of halogens is 1. The van der Waals surface area contributed by atoms with Gasteiger partial charge in [-0.25, -0.2) is 4.79 Å². The number of hydrogen-bond donors (Lipinski definition) is 1. The largest absolute Gasteiger partial charge is 0.453 e. The lowest BCUT2D eigenvalue weighted by molar-refractivity contribution is -0.127. The van der Waals surface area contributed by atoms with Gasteiger partial charge in [-0.3, -0.25) is 4.79 Å². The summed E-state index contributed by atoms with van der Waals surface area (Å²) < 4.78 is 4.45. The number of hydrogen-bond acceptors (Lipinski definition) is 3. The van der Waals surface area contributed by atoms with E-state index in [-0.39, 0.29) is 17.8 Å². The summed E-state index contributed by atoms with van der Waals surface area (Å²) in [6.45, 7) is 1.15. The van der Waals surface area contributed by atoms with Gasteiger partial charge in [0, 0.05) is 13.1 Å². The van der Waals surface area contributed by atoms with Crippen LogP contribution in [-0.2, 0) is 9.53 Å². The average molecular weight is 221 g/mol. The molecule has 0 aliphatic carbocycles. The predicted octanol–water partition coefficient (Wildman–Crippen LogP) is 0.182. The molecule has 0 aromatic heterocycles. The maximum absolute atomic E-state index is 11.2. The minimum atomic E-state index is -0.463. The van der Waals surface area contributed by atoms with Crippen LogP contribution in [0.3, 0.4) is 0 Å². The lowest BCUT2D eigenvalue weighted by Gasteiger charge is -2.15. The molecular weight excluding hydrogens is 208 g/mol. The number of carbonyl (C=O) groups excluding carboxylic acids is 2. The van der Waals surface area contributed by atoms with Gasteiger partial charge >= 0.3 is 6.09 Å². The first-order valence-electron chi connectivity index (χ1n) is 4.35. The van der Waals surface area contributed by atoms with Crippen LogP contribution < -0.4 is 5.32 Å². The molecule has 14 heavy (non-hydrogen) atoms. The number of carbonyl (C=O) groups is 2. The van der Waals surface area contributed by atoms with Crippen LogP contribution in [0.15, 0.2) is 0 Å². The van der Waals surface area contributed by atoms with Crippen molar-refractivity contribution in [3.63, 3.8) is 0 Å².